The Morgan fingerprint density at radius 1 is 1.38 bits per heavy atom. The number of hydrogen-bond acceptors (Lipinski definition) is 3. The van der Waals surface area contributed by atoms with E-state index in [0.29, 0.717) is 12.3 Å². The molecule has 1 saturated carbocycles. The Labute approximate surface area is 96.7 Å². The third kappa shape index (κ3) is 4.64. The molecule has 0 spiro atoms. The molecule has 1 unspecified atom stereocenters. The summed E-state index contributed by atoms with van der Waals surface area (Å²) >= 11 is 0. The standard InChI is InChI=1S/C12H21NO3/c1-9(7-12(15)16-2)13-11(14)8-10-5-3-4-6-10/h9-10H,3-8H2,1-2H3,(H,13,14). The van der Waals surface area contributed by atoms with Gasteiger partial charge in [-0.3, -0.25) is 9.59 Å². The van der Waals surface area contributed by atoms with Crippen LogP contribution < -0.4 is 5.32 Å². The molecule has 0 radical (unpaired) electrons. The van der Waals surface area contributed by atoms with Gasteiger partial charge in [0, 0.05) is 12.5 Å². The van der Waals surface area contributed by atoms with Crippen LogP contribution in [0.1, 0.15) is 45.4 Å². The molecule has 1 atom stereocenters. The monoisotopic (exact) mass is 227 g/mol. The summed E-state index contributed by atoms with van der Waals surface area (Å²) in [5, 5.41) is 2.83. The SMILES string of the molecule is COC(=O)CC(C)NC(=O)CC1CCCC1. The van der Waals surface area contributed by atoms with Gasteiger partial charge in [-0.15, -0.1) is 0 Å². The maximum atomic E-state index is 11.6. The van der Waals surface area contributed by atoms with Crippen molar-refractivity contribution in [3.63, 3.8) is 0 Å². The zero-order chi connectivity index (χ0) is 12.0. The fourth-order valence-electron chi connectivity index (χ4n) is 2.19. The van der Waals surface area contributed by atoms with Crippen molar-refractivity contribution in [2.75, 3.05) is 7.11 Å². The van der Waals surface area contributed by atoms with Crippen LogP contribution in [0.4, 0.5) is 0 Å². The molecule has 0 heterocycles. The number of nitrogens with one attached hydrogen (secondary N) is 1. The van der Waals surface area contributed by atoms with E-state index in [-0.39, 0.29) is 24.3 Å². The van der Waals surface area contributed by atoms with E-state index in [9.17, 15) is 9.59 Å². The first-order chi connectivity index (χ1) is 7.61. The highest BCUT2D eigenvalue weighted by atomic mass is 16.5. The van der Waals surface area contributed by atoms with Crippen LogP contribution >= 0.6 is 0 Å². The molecule has 4 nitrogen and oxygen atoms in total. The molecule has 1 amide bonds. The van der Waals surface area contributed by atoms with Gasteiger partial charge in [0.25, 0.3) is 0 Å². The minimum Gasteiger partial charge on any atom is -0.469 e. The van der Waals surface area contributed by atoms with Crippen LogP contribution in [0.2, 0.25) is 0 Å². The van der Waals surface area contributed by atoms with E-state index in [1.165, 1.54) is 32.8 Å². The van der Waals surface area contributed by atoms with Gasteiger partial charge in [0.1, 0.15) is 0 Å². The molecule has 0 aromatic carbocycles. The van der Waals surface area contributed by atoms with Gasteiger partial charge in [-0.05, 0) is 25.7 Å². The van der Waals surface area contributed by atoms with Crippen molar-refractivity contribution >= 4 is 11.9 Å². The highest BCUT2D eigenvalue weighted by Crippen LogP contribution is 2.27. The van der Waals surface area contributed by atoms with Crippen LogP contribution in [0.25, 0.3) is 0 Å². The van der Waals surface area contributed by atoms with E-state index < -0.39 is 0 Å². The fraction of sp³-hybridized carbons (Fsp3) is 0.833. The minimum absolute atomic E-state index is 0.0586. The van der Waals surface area contributed by atoms with E-state index in [0.717, 1.165) is 0 Å². The fourth-order valence-corrected chi connectivity index (χ4v) is 2.19. The number of carbonyl (C=O) groups excluding carboxylic acids is 2. The first kappa shape index (κ1) is 13.0. The van der Waals surface area contributed by atoms with Gasteiger partial charge in [-0.25, -0.2) is 0 Å². The second kappa shape index (κ2) is 6.51. The molecular formula is C12H21NO3. The lowest BCUT2D eigenvalue weighted by Crippen LogP contribution is -2.35. The predicted molar refractivity (Wildman–Crippen MR) is 60.8 cm³/mol. The minimum atomic E-state index is -0.284. The third-order valence-corrected chi connectivity index (χ3v) is 3.06. The van der Waals surface area contributed by atoms with E-state index >= 15 is 0 Å². The summed E-state index contributed by atoms with van der Waals surface area (Å²) in [5.41, 5.74) is 0. The molecule has 1 aliphatic rings. The van der Waals surface area contributed by atoms with E-state index in [1.54, 1.807) is 0 Å². The number of ether oxygens (including phenoxy) is 1. The van der Waals surface area contributed by atoms with Crippen molar-refractivity contribution in [1.82, 2.24) is 5.32 Å². The van der Waals surface area contributed by atoms with Crippen LogP contribution in [-0.4, -0.2) is 25.0 Å². The highest BCUT2D eigenvalue weighted by Gasteiger charge is 2.19. The lowest BCUT2D eigenvalue weighted by molar-refractivity contribution is -0.141. The molecular weight excluding hydrogens is 206 g/mol. The second-order valence-electron chi connectivity index (χ2n) is 4.60. The number of amides is 1. The Hall–Kier alpha value is -1.06. The molecule has 0 saturated heterocycles. The number of esters is 1. The highest BCUT2D eigenvalue weighted by molar-refractivity contribution is 5.77. The lowest BCUT2D eigenvalue weighted by atomic mass is 10.0. The molecule has 1 N–H and O–H groups in total. The average Bonchev–Trinajstić information content (AvgIpc) is 2.69. The summed E-state index contributed by atoms with van der Waals surface area (Å²) in [6, 6.07) is -0.138. The summed E-state index contributed by atoms with van der Waals surface area (Å²) in [5.74, 6) is 0.322. The van der Waals surface area contributed by atoms with Crippen LogP contribution in [0.15, 0.2) is 0 Å². The maximum absolute atomic E-state index is 11.6. The van der Waals surface area contributed by atoms with Crippen molar-refractivity contribution in [1.29, 1.82) is 0 Å². The van der Waals surface area contributed by atoms with Gasteiger partial charge >= 0.3 is 5.97 Å². The summed E-state index contributed by atoms with van der Waals surface area (Å²) in [7, 11) is 1.36. The maximum Gasteiger partial charge on any atom is 0.307 e. The number of methoxy groups -OCH3 is 1. The Kier molecular flexibility index (Phi) is 5.29. The molecule has 0 aliphatic heterocycles. The summed E-state index contributed by atoms with van der Waals surface area (Å²) < 4.78 is 4.55. The quantitative estimate of drug-likeness (QED) is 0.726. The zero-order valence-corrected chi connectivity index (χ0v) is 10.1. The van der Waals surface area contributed by atoms with Crippen molar-refractivity contribution in [3.8, 4) is 0 Å². The Morgan fingerprint density at radius 3 is 2.56 bits per heavy atom. The number of rotatable bonds is 5. The average molecular weight is 227 g/mol. The first-order valence-electron chi connectivity index (χ1n) is 5.98. The van der Waals surface area contributed by atoms with E-state index in [2.05, 4.69) is 10.1 Å². The Balaban J connectivity index is 2.19. The van der Waals surface area contributed by atoms with E-state index in [1.807, 2.05) is 6.92 Å². The molecule has 0 aromatic heterocycles. The zero-order valence-electron chi connectivity index (χ0n) is 10.1. The van der Waals surface area contributed by atoms with Crippen molar-refractivity contribution < 1.29 is 14.3 Å². The van der Waals surface area contributed by atoms with E-state index in [4.69, 9.17) is 0 Å². The topological polar surface area (TPSA) is 55.4 Å². The van der Waals surface area contributed by atoms with Crippen LogP contribution in [0, 0.1) is 5.92 Å². The normalized spacial score (nSPS) is 18.1. The largest absolute Gasteiger partial charge is 0.469 e. The third-order valence-electron chi connectivity index (χ3n) is 3.06. The van der Waals surface area contributed by atoms with Crippen molar-refractivity contribution in [2.45, 2.75) is 51.5 Å². The smallest absolute Gasteiger partial charge is 0.307 e. The number of carbonyl (C=O) groups is 2. The summed E-state index contributed by atoms with van der Waals surface area (Å²) in [6.07, 6.45) is 5.67. The lowest BCUT2D eigenvalue weighted by Gasteiger charge is -2.14. The van der Waals surface area contributed by atoms with Gasteiger partial charge in [-0.1, -0.05) is 12.8 Å². The summed E-state index contributed by atoms with van der Waals surface area (Å²) in [4.78, 5) is 22.6. The van der Waals surface area contributed by atoms with Gasteiger partial charge in [0.2, 0.25) is 5.91 Å². The van der Waals surface area contributed by atoms with Crippen LogP contribution in [0.3, 0.4) is 0 Å². The molecule has 16 heavy (non-hydrogen) atoms. The number of hydrogen-bond donors (Lipinski definition) is 1. The van der Waals surface area contributed by atoms with Gasteiger partial charge in [-0.2, -0.15) is 0 Å². The molecule has 4 heteroatoms. The van der Waals surface area contributed by atoms with Crippen LogP contribution in [0.5, 0.6) is 0 Å². The molecule has 92 valence electrons. The predicted octanol–water partition coefficient (Wildman–Crippen LogP) is 1.63. The Bertz CT molecular complexity index is 247. The van der Waals surface area contributed by atoms with Crippen molar-refractivity contribution in [2.24, 2.45) is 5.92 Å². The summed E-state index contributed by atoms with van der Waals surface area (Å²) in [6.45, 7) is 1.82. The van der Waals surface area contributed by atoms with Gasteiger partial charge in [0.15, 0.2) is 0 Å². The van der Waals surface area contributed by atoms with Gasteiger partial charge in [0.05, 0.1) is 13.5 Å². The molecule has 1 aliphatic carbocycles. The second-order valence-corrected chi connectivity index (χ2v) is 4.60. The van der Waals surface area contributed by atoms with Crippen LogP contribution in [-0.2, 0) is 14.3 Å². The van der Waals surface area contributed by atoms with Crippen molar-refractivity contribution in [3.05, 3.63) is 0 Å². The molecule has 0 aromatic rings. The molecule has 1 rings (SSSR count). The molecule has 0 bridgehead atoms. The van der Waals surface area contributed by atoms with Gasteiger partial charge < -0.3 is 10.1 Å². The first-order valence-corrected chi connectivity index (χ1v) is 5.98. The Morgan fingerprint density at radius 2 is 2.00 bits per heavy atom. The molecule has 1 fully saturated rings.